The number of nitrogens with zero attached hydrogens (tertiary/aromatic N) is 2. The molecule has 0 N–H and O–H groups in total. The van der Waals surface area contributed by atoms with Gasteiger partial charge in [0.25, 0.3) is 0 Å². The normalized spacial score (nSPS) is 10.3. The van der Waals surface area contributed by atoms with Crippen molar-refractivity contribution in [3.05, 3.63) is 40.9 Å². The molecule has 0 saturated heterocycles. The zero-order valence-corrected chi connectivity index (χ0v) is 12.1. The first kappa shape index (κ1) is 14.4. The van der Waals surface area contributed by atoms with E-state index in [0.29, 0.717) is 41.5 Å². The summed E-state index contributed by atoms with van der Waals surface area (Å²) in [5.74, 6) is 1.76. The number of carbonyl (C=O) groups excluding carboxylic acids is 1. The van der Waals surface area contributed by atoms with E-state index in [0.717, 1.165) is 5.82 Å². The highest BCUT2D eigenvalue weighted by Gasteiger charge is 2.12. The summed E-state index contributed by atoms with van der Waals surface area (Å²) >= 11 is 5.91. The quantitative estimate of drug-likeness (QED) is 0.769. The number of methoxy groups -OCH3 is 1. The smallest absolute Gasteiger partial charge is 0.171 e. The van der Waals surface area contributed by atoms with Crippen LogP contribution in [0.2, 0.25) is 5.02 Å². The lowest BCUT2D eigenvalue weighted by atomic mass is 10.2. The van der Waals surface area contributed by atoms with Gasteiger partial charge in [-0.2, -0.15) is 0 Å². The van der Waals surface area contributed by atoms with Crippen LogP contribution in [0.25, 0.3) is 0 Å². The minimum absolute atomic E-state index is 0.372. The number of aromatic nitrogens is 2. The van der Waals surface area contributed by atoms with Gasteiger partial charge in [0.2, 0.25) is 0 Å². The third kappa shape index (κ3) is 3.11. The second-order valence-corrected chi connectivity index (χ2v) is 4.60. The SMILES string of the molecule is COc1cc(Cl)cc(C=O)c1OCCn1ccnc1C. The van der Waals surface area contributed by atoms with Gasteiger partial charge >= 0.3 is 0 Å². The molecule has 106 valence electrons. The third-order valence-electron chi connectivity index (χ3n) is 2.90. The van der Waals surface area contributed by atoms with Crippen molar-refractivity contribution >= 4 is 17.9 Å². The average molecular weight is 295 g/mol. The molecule has 0 unspecified atom stereocenters. The topological polar surface area (TPSA) is 53.4 Å². The van der Waals surface area contributed by atoms with Gasteiger partial charge in [0.15, 0.2) is 17.8 Å². The molecular weight excluding hydrogens is 280 g/mol. The molecule has 1 aromatic heterocycles. The molecule has 2 rings (SSSR count). The van der Waals surface area contributed by atoms with Gasteiger partial charge in [-0.3, -0.25) is 4.79 Å². The van der Waals surface area contributed by atoms with Crippen molar-refractivity contribution < 1.29 is 14.3 Å². The summed E-state index contributed by atoms with van der Waals surface area (Å²) in [5.41, 5.74) is 0.372. The first-order valence-corrected chi connectivity index (χ1v) is 6.46. The van der Waals surface area contributed by atoms with Crippen molar-refractivity contribution in [2.24, 2.45) is 0 Å². The molecule has 2 aromatic rings. The van der Waals surface area contributed by atoms with Crippen LogP contribution < -0.4 is 9.47 Å². The van der Waals surface area contributed by atoms with Crippen LogP contribution in [-0.2, 0) is 6.54 Å². The Hall–Kier alpha value is -2.01. The van der Waals surface area contributed by atoms with Crippen LogP contribution in [0.5, 0.6) is 11.5 Å². The number of rotatable bonds is 6. The van der Waals surface area contributed by atoms with Crippen LogP contribution in [0.15, 0.2) is 24.5 Å². The molecule has 0 bridgehead atoms. The summed E-state index contributed by atoms with van der Waals surface area (Å²) in [6.07, 6.45) is 4.31. The summed E-state index contributed by atoms with van der Waals surface area (Å²) in [6.45, 7) is 2.95. The molecule has 6 heteroatoms. The number of hydrogen-bond acceptors (Lipinski definition) is 4. The van der Waals surface area contributed by atoms with Crippen molar-refractivity contribution in [1.29, 1.82) is 0 Å². The molecule has 1 aromatic carbocycles. The molecular formula is C14H15ClN2O3. The van der Waals surface area contributed by atoms with Gasteiger partial charge in [0.05, 0.1) is 19.2 Å². The summed E-state index contributed by atoms with van der Waals surface area (Å²) in [7, 11) is 1.51. The highest BCUT2D eigenvalue weighted by atomic mass is 35.5. The number of aryl methyl sites for hydroxylation is 1. The zero-order chi connectivity index (χ0) is 14.5. The van der Waals surface area contributed by atoms with Crippen LogP contribution in [0.1, 0.15) is 16.2 Å². The van der Waals surface area contributed by atoms with E-state index in [9.17, 15) is 4.79 Å². The van der Waals surface area contributed by atoms with Crippen molar-refractivity contribution in [3.8, 4) is 11.5 Å². The van der Waals surface area contributed by atoms with E-state index < -0.39 is 0 Å². The van der Waals surface area contributed by atoms with Crippen LogP contribution in [0.4, 0.5) is 0 Å². The maximum atomic E-state index is 11.1. The largest absolute Gasteiger partial charge is 0.493 e. The van der Waals surface area contributed by atoms with Crippen LogP contribution >= 0.6 is 11.6 Å². The van der Waals surface area contributed by atoms with Crippen molar-refractivity contribution in [2.75, 3.05) is 13.7 Å². The number of imidazole rings is 1. The molecule has 0 spiro atoms. The number of hydrogen-bond donors (Lipinski definition) is 0. The Bertz CT molecular complexity index is 610. The second kappa shape index (κ2) is 6.43. The molecule has 5 nitrogen and oxygen atoms in total. The molecule has 0 aliphatic rings. The zero-order valence-electron chi connectivity index (χ0n) is 11.3. The monoisotopic (exact) mass is 294 g/mol. The summed E-state index contributed by atoms with van der Waals surface area (Å²) in [4.78, 5) is 15.2. The maximum Gasteiger partial charge on any atom is 0.171 e. The number of ether oxygens (including phenoxy) is 2. The van der Waals surface area contributed by atoms with Crippen LogP contribution in [0.3, 0.4) is 0 Å². The molecule has 0 aliphatic heterocycles. The Morgan fingerprint density at radius 2 is 2.25 bits per heavy atom. The summed E-state index contributed by atoms with van der Waals surface area (Å²) in [6, 6.07) is 3.17. The second-order valence-electron chi connectivity index (χ2n) is 4.16. The molecule has 1 heterocycles. The molecule has 0 amide bonds. The van der Waals surface area contributed by atoms with Gasteiger partial charge in [-0.25, -0.2) is 4.98 Å². The minimum Gasteiger partial charge on any atom is -0.493 e. The van der Waals surface area contributed by atoms with E-state index in [1.54, 1.807) is 18.3 Å². The molecule has 0 fully saturated rings. The van der Waals surface area contributed by atoms with Crippen LogP contribution in [-0.4, -0.2) is 29.6 Å². The number of aldehydes is 1. The fraction of sp³-hybridized carbons (Fsp3) is 0.286. The molecule has 0 saturated carbocycles. The van der Waals surface area contributed by atoms with Gasteiger partial charge in [0.1, 0.15) is 12.4 Å². The molecule has 20 heavy (non-hydrogen) atoms. The summed E-state index contributed by atoms with van der Waals surface area (Å²) < 4.78 is 12.8. The van der Waals surface area contributed by atoms with E-state index in [4.69, 9.17) is 21.1 Å². The van der Waals surface area contributed by atoms with Gasteiger partial charge in [-0.1, -0.05) is 11.6 Å². The first-order chi connectivity index (χ1) is 9.65. The van der Waals surface area contributed by atoms with E-state index in [1.807, 2.05) is 17.7 Å². The van der Waals surface area contributed by atoms with Crippen molar-refractivity contribution in [1.82, 2.24) is 9.55 Å². The predicted octanol–water partition coefficient (Wildman–Crippen LogP) is 2.75. The first-order valence-electron chi connectivity index (χ1n) is 6.09. The lowest BCUT2D eigenvalue weighted by Gasteiger charge is -2.13. The van der Waals surface area contributed by atoms with E-state index >= 15 is 0 Å². The lowest BCUT2D eigenvalue weighted by molar-refractivity contribution is 0.111. The van der Waals surface area contributed by atoms with Gasteiger partial charge < -0.3 is 14.0 Å². The van der Waals surface area contributed by atoms with E-state index in [2.05, 4.69) is 4.98 Å². The highest BCUT2D eigenvalue weighted by Crippen LogP contribution is 2.33. The lowest BCUT2D eigenvalue weighted by Crippen LogP contribution is -2.10. The standard InChI is InChI=1S/C14H15ClN2O3/c1-10-16-3-4-17(10)5-6-20-14-11(9-18)7-12(15)8-13(14)19-2/h3-4,7-9H,5-6H2,1-2H3. The predicted molar refractivity (Wildman–Crippen MR) is 75.9 cm³/mol. The number of halogens is 1. The average Bonchev–Trinajstić information content (AvgIpc) is 2.85. The number of carbonyl (C=O) groups is 1. The molecule has 0 radical (unpaired) electrons. The Labute approximate surface area is 122 Å². The van der Waals surface area contributed by atoms with Gasteiger partial charge in [-0.05, 0) is 13.0 Å². The number of benzene rings is 1. The minimum atomic E-state index is 0.372. The Kier molecular flexibility index (Phi) is 4.63. The fourth-order valence-corrected chi connectivity index (χ4v) is 2.09. The van der Waals surface area contributed by atoms with Crippen molar-refractivity contribution in [2.45, 2.75) is 13.5 Å². The third-order valence-corrected chi connectivity index (χ3v) is 3.12. The summed E-state index contributed by atoms with van der Waals surface area (Å²) in [5, 5.41) is 0.432. The highest BCUT2D eigenvalue weighted by molar-refractivity contribution is 6.31. The molecule has 0 aliphatic carbocycles. The maximum absolute atomic E-state index is 11.1. The Morgan fingerprint density at radius 3 is 2.85 bits per heavy atom. The molecule has 0 atom stereocenters. The van der Waals surface area contributed by atoms with E-state index in [-0.39, 0.29) is 0 Å². The fourth-order valence-electron chi connectivity index (χ4n) is 1.87. The van der Waals surface area contributed by atoms with E-state index in [1.165, 1.54) is 7.11 Å². The van der Waals surface area contributed by atoms with Gasteiger partial charge in [0, 0.05) is 23.5 Å². The van der Waals surface area contributed by atoms with Crippen molar-refractivity contribution in [3.63, 3.8) is 0 Å². The van der Waals surface area contributed by atoms with Gasteiger partial charge in [-0.15, -0.1) is 0 Å². The Morgan fingerprint density at radius 1 is 1.45 bits per heavy atom. The Balaban J connectivity index is 2.12. The van der Waals surface area contributed by atoms with Crippen LogP contribution in [0, 0.1) is 6.92 Å².